The van der Waals surface area contributed by atoms with Gasteiger partial charge in [0.1, 0.15) is 5.69 Å². The van der Waals surface area contributed by atoms with Gasteiger partial charge in [-0.25, -0.2) is 14.8 Å². The molecule has 6 rings (SSSR count). The molecule has 4 aromatic rings. The van der Waals surface area contributed by atoms with Crippen LogP contribution in [0.3, 0.4) is 0 Å². The maximum atomic E-state index is 13.8. The highest BCUT2D eigenvalue weighted by atomic mass is 19.4. The molecule has 0 radical (unpaired) electrons. The Bertz CT molecular complexity index is 2040. The lowest BCUT2D eigenvalue weighted by atomic mass is 10.1. The van der Waals surface area contributed by atoms with E-state index in [1.165, 1.54) is 17.2 Å². The Balaban J connectivity index is 1.20. The average Bonchev–Trinajstić information content (AvgIpc) is 3.44. The second-order valence-corrected chi connectivity index (χ2v) is 11.9. The zero-order valence-corrected chi connectivity index (χ0v) is 27.3. The second-order valence-electron chi connectivity index (χ2n) is 11.9. The molecular weight excluding hydrogens is 651 g/mol. The number of hydrogen-bond acceptors (Lipinski definition) is 7. The van der Waals surface area contributed by atoms with Crippen LogP contribution in [0.25, 0.3) is 11.4 Å². The van der Waals surface area contributed by atoms with Crippen LogP contribution >= 0.6 is 0 Å². The van der Waals surface area contributed by atoms with Crippen molar-refractivity contribution in [2.24, 2.45) is 7.05 Å². The zero-order valence-electron chi connectivity index (χ0n) is 27.3. The van der Waals surface area contributed by atoms with E-state index in [2.05, 4.69) is 42.7 Å². The van der Waals surface area contributed by atoms with Gasteiger partial charge in [0.15, 0.2) is 0 Å². The molecule has 1 fully saturated rings. The molecule has 12 nitrogen and oxygen atoms in total. The van der Waals surface area contributed by atoms with E-state index in [1.807, 2.05) is 18.5 Å². The van der Waals surface area contributed by atoms with Crippen molar-refractivity contribution in [1.82, 2.24) is 29.7 Å². The van der Waals surface area contributed by atoms with Gasteiger partial charge in [0.25, 0.3) is 11.8 Å². The first-order valence-electron chi connectivity index (χ1n) is 15.9. The number of carbonyl (C=O) groups is 3. The van der Waals surface area contributed by atoms with Gasteiger partial charge in [-0.1, -0.05) is 24.8 Å². The topological polar surface area (TPSA) is 151 Å². The highest BCUT2D eigenvalue weighted by molar-refractivity contribution is 6.02. The molecular formula is C35H34F3N9O3. The zero-order chi connectivity index (χ0) is 35.6. The Morgan fingerprint density at radius 1 is 1.02 bits per heavy atom. The largest absolute Gasteiger partial charge is 0.416 e. The van der Waals surface area contributed by atoms with Gasteiger partial charge in [-0.2, -0.15) is 13.2 Å². The summed E-state index contributed by atoms with van der Waals surface area (Å²) in [5.74, 6) is 5.41. The maximum Gasteiger partial charge on any atom is 0.416 e. The number of anilines is 3. The minimum atomic E-state index is -4.74. The Morgan fingerprint density at radius 3 is 2.50 bits per heavy atom. The molecule has 1 saturated heterocycles. The van der Waals surface area contributed by atoms with Crippen LogP contribution in [0.1, 0.15) is 50.0 Å². The van der Waals surface area contributed by atoms with Crippen LogP contribution in [0.2, 0.25) is 0 Å². The van der Waals surface area contributed by atoms with Gasteiger partial charge in [0.2, 0.25) is 5.95 Å². The van der Waals surface area contributed by atoms with Gasteiger partial charge >= 0.3 is 12.2 Å². The average molecular weight is 686 g/mol. The van der Waals surface area contributed by atoms with Crippen molar-refractivity contribution in [3.8, 4) is 23.2 Å². The van der Waals surface area contributed by atoms with Gasteiger partial charge in [-0.15, -0.1) is 0 Å². The number of nitrogens with two attached hydrogens (primary N) is 1. The van der Waals surface area contributed by atoms with E-state index < -0.39 is 23.7 Å². The predicted molar refractivity (Wildman–Crippen MR) is 181 cm³/mol. The minimum Gasteiger partial charge on any atom is -0.368 e. The number of benzene rings is 2. The van der Waals surface area contributed by atoms with Crippen LogP contribution < -0.4 is 21.7 Å². The summed E-state index contributed by atoms with van der Waals surface area (Å²) in [5.41, 5.74) is 8.32. The molecule has 0 spiro atoms. The Hall–Kier alpha value is -5.88. The Morgan fingerprint density at radius 2 is 1.78 bits per heavy atom. The normalized spacial score (nSPS) is 14.7. The van der Waals surface area contributed by atoms with Crippen LogP contribution in [-0.4, -0.2) is 81.4 Å². The molecule has 0 aliphatic carbocycles. The SMILES string of the molecule is CCN1CCN(C(=O)c2cc(NC(=O)Nc3cccc(C#Cc4cnc(N)nc4-c4cc5c(n4C)CCNC5=O)c3)cc(C(F)(F)F)c2)CC1. The number of rotatable bonds is 5. The van der Waals surface area contributed by atoms with Gasteiger partial charge in [-0.05, 0) is 49.0 Å². The highest BCUT2D eigenvalue weighted by Crippen LogP contribution is 2.33. The lowest BCUT2D eigenvalue weighted by molar-refractivity contribution is -0.137. The molecule has 5 N–H and O–H groups in total. The molecule has 2 aromatic heterocycles. The molecule has 258 valence electrons. The van der Waals surface area contributed by atoms with Crippen molar-refractivity contribution in [1.29, 1.82) is 0 Å². The number of alkyl halides is 3. The number of nitrogen functional groups attached to an aromatic ring is 1. The molecule has 2 aliphatic rings. The number of hydrogen-bond donors (Lipinski definition) is 4. The van der Waals surface area contributed by atoms with Crippen molar-refractivity contribution in [2.75, 3.05) is 55.6 Å². The van der Waals surface area contributed by atoms with Crippen LogP contribution in [0.5, 0.6) is 0 Å². The van der Waals surface area contributed by atoms with Gasteiger partial charge < -0.3 is 36.1 Å². The first-order chi connectivity index (χ1) is 23.9. The number of fused-ring (bicyclic) bond motifs is 1. The number of urea groups is 1. The summed E-state index contributed by atoms with van der Waals surface area (Å²) >= 11 is 0. The number of amides is 4. The number of halogens is 3. The van der Waals surface area contributed by atoms with E-state index in [9.17, 15) is 27.6 Å². The van der Waals surface area contributed by atoms with Crippen molar-refractivity contribution in [2.45, 2.75) is 19.5 Å². The fourth-order valence-corrected chi connectivity index (χ4v) is 5.99. The summed E-state index contributed by atoms with van der Waals surface area (Å²) in [6, 6.07) is 10.3. The summed E-state index contributed by atoms with van der Waals surface area (Å²) in [6.45, 7) is 5.39. The van der Waals surface area contributed by atoms with Crippen LogP contribution in [0, 0.1) is 11.8 Å². The highest BCUT2D eigenvalue weighted by Gasteiger charge is 2.33. The van der Waals surface area contributed by atoms with Crippen molar-refractivity contribution in [3.05, 3.63) is 88.2 Å². The number of aromatic nitrogens is 3. The number of nitrogens with one attached hydrogen (secondary N) is 3. The summed E-state index contributed by atoms with van der Waals surface area (Å²) < 4.78 is 43.3. The number of nitrogens with zero attached hydrogens (tertiary/aromatic N) is 5. The van der Waals surface area contributed by atoms with Crippen molar-refractivity contribution < 1.29 is 27.6 Å². The molecule has 0 atom stereocenters. The quantitative estimate of drug-likeness (QED) is 0.230. The van der Waals surface area contributed by atoms with E-state index in [4.69, 9.17) is 5.73 Å². The fraction of sp³-hybridized carbons (Fsp3) is 0.286. The van der Waals surface area contributed by atoms with Crippen LogP contribution in [0.4, 0.5) is 35.3 Å². The lowest BCUT2D eigenvalue weighted by Crippen LogP contribution is -2.48. The van der Waals surface area contributed by atoms with Gasteiger partial charge in [0.05, 0.1) is 22.4 Å². The van der Waals surface area contributed by atoms with Gasteiger partial charge in [-0.3, -0.25) is 9.59 Å². The smallest absolute Gasteiger partial charge is 0.368 e. The third kappa shape index (κ3) is 7.40. The van der Waals surface area contributed by atoms with E-state index in [0.29, 0.717) is 72.9 Å². The minimum absolute atomic E-state index is 0.0402. The molecule has 0 bridgehead atoms. The first kappa shape index (κ1) is 34.0. The number of likely N-dealkylation sites (N-methyl/N-ethyl adjacent to an activating group) is 1. The Kier molecular flexibility index (Phi) is 9.47. The Labute approximate surface area is 285 Å². The summed E-state index contributed by atoms with van der Waals surface area (Å²) in [4.78, 5) is 50.7. The second kappa shape index (κ2) is 13.9. The third-order valence-electron chi connectivity index (χ3n) is 8.63. The molecule has 4 amide bonds. The van der Waals surface area contributed by atoms with Crippen LogP contribution in [0.15, 0.2) is 54.7 Å². The molecule has 0 saturated carbocycles. The van der Waals surface area contributed by atoms with E-state index in [-0.39, 0.29) is 23.1 Å². The molecule has 2 aromatic carbocycles. The summed E-state index contributed by atoms with van der Waals surface area (Å²) in [6.07, 6.45) is -2.58. The predicted octanol–water partition coefficient (Wildman–Crippen LogP) is 4.19. The van der Waals surface area contributed by atoms with E-state index in [1.54, 1.807) is 30.3 Å². The monoisotopic (exact) mass is 685 g/mol. The molecule has 2 aliphatic heterocycles. The molecule has 15 heteroatoms. The van der Waals surface area contributed by atoms with Crippen LogP contribution in [-0.2, 0) is 19.6 Å². The van der Waals surface area contributed by atoms with E-state index in [0.717, 1.165) is 24.4 Å². The summed E-state index contributed by atoms with van der Waals surface area (Å²) in [5, 5.41) is 7.87. The standard InChI is InChI=1S/C35H34F3N9O3/c1-3-46-11-13-47(14-12-46)32(49)23-16-24(35(36,37)38)18-26(17-23)43-34(50)42-25-6-4-5-21(15-25)7-8-22-20-41-33(39)44-30(22)29-19-27-28(45(29)2)9-10-40-31(27)48/h4-6,15-20H,3,9-14H2,1-2H3,(H,40,48)(H2,39,41,44)(H2,42,43,50). The molecule has 4 heterocycles. The van der Waals surface area contributed by atoms with E-state index >= 15 is 0 Å². The lowest BCUT2D eigenvalue weighted by Gasteiger charge is -2.34. The fourth-order valence-electron chi connectivity index (χ4n) is 5.99. The van der Waals surface area contributed by atoms with Gasteiger partial charge in [0, 0.05) is 80.6 Å². The van der Waals surface area contributed by atoms with Crippen molar-refractivity contribution >= 4 is 35.2 Å². The third-order valence-corrected chi connectivity index (χ3v) is 8.63. The van der Waals surface area contributed by atoms with Crippen molar-refractivity contribution in [3.63, 3.8) is 0 Å². The first-order valence-corrected chi connectivity index (χ1v) is 15.9. The molecule has 50 heavy (non-hydrogen) atoms. The molecule has 0 unspecified atom stereocenters. The number of carbonyl (C=O) groups excluding carboxylic acids is 3. The maximum absolute atomic E-state index is 13.8. The number of piperazine rings is 1. The summed E-state index contributed by atoms with van der Waals surface area (Å²) in [7, 11) is 1.84.